The summed E-state index contributed by atoms with van der Waals surface area (Å²) in [6.45, 7) is 6.05. The molecule has 0 N–H and O–H groups in total. The van der Waals surface area contributed by atoms with E-state index in [0.29, 0.717) is 24.5 Å². The number of hydrogen-bond acceptors (Lipinski definition) is 5. The van der Waals surface area contributed by atoms with Crippen LogP contribution in [0.4, 0.5) is 0 Å². The minimum absolute atomic E-state index is 0.0408. The first-order valence-corrected chi connectivity index (χ1v) is 8.77. The van der Waals surface area contributed by atoms with Crippen LogP contribution >= 0.6 is 0 Å². The average molecular weight is 351 g/mol. The van der Waals surface area contributed by atoms with Crippen molar-refractivity contribution >= 4 is 5.91 Å². The third kappa shape index (κ3) is 3.24. The predicted octanol–water partition coefficient (Wildman–Crippen LogP) is 2.68. The molecule has 0 spiro atoms. The average Bonchev–Trinajstić information content (AvgIpc) is 3.26. The molecule has 0 bridgehead atoms. The van der Waals surface area contributed by atoms with Gasteiger partial charge in [0.25, 0.3) is 5.91 Å². The normalized spacial score (nSPS) is 14.7. The summed E-state index contributed by atoms with van der Waals surface area (Å²) in [5.74, 6) is 1.77. The highest BCUT2D eigenvalue weighted by atomic mass is 16.5. The number of benzene rings is 1. The zero-order valence-electron chi connectivity index (χ0n) is 14.9. The molecule has 3 heterocycles. The number of hydrogen-bond donors (Lipinski definition) is 0. The molecule has 1 aromatic carbocycles. The standard InChI is InChI=1S/C19H21N5O2/c1-13(2)17-21-18(26-22-17)16-10-24(11-16)19(25)15-5-3-14(4-6-15)9-23-8-7-20-12-23/h3-8,12-13,16H,9-11H2,1-2H3. The van der Waals surface area contributed by atoms with Gasteiger partial charge in [-0.25, -0.2) is 4.98 Å². The molecule has 1 saturated heterocycles. The second-order valence-corrected chi connectivity index (χ2v) is 6.98. The highest BCUT2D eigenvalue weighted by Gasteiger charge is 2.36. The van der Waals surface area contributed by atoms with Crippen LogP contribution < -0.4 is 0 Å². The zero-order chi connectivity index (χ0) is 18.1. The van der Waals surface area contributed by atoms with Gasteiger partial charge in [0.15, 0.2) is 5.82 Å². The van der Waals surface area contributed by atoms with E-state index in [4.69, 9.17) is 4.52 Å². The van der Waals surface area contributed by atoms with Gasteiger partial charge in [-0.15, -0.1) is 0 Å². The highest BCUT2D eigenvalue weighted by molar-refractivity contribution is 5.94. The molecule has 7 nitrogen and oxygen atoms in total. The van der Waals surface area contributed by atoms with Crippen molar-refractivity contribution in [2.75, 3.05) is 13.1 Å². The van der Waals surface area contributed by atoms with Gasteiger partial charge in [0, 0.05) is 43.5 Å². The predicted molar refractivity (Wildman–Crippen MR) is 94.8 cm³/mol. The van der Waals surface area contributed by atoms with Crippen molar-refractivity contribution in [2.24, 2.45) is 0 Å². The van der Waals surface area contributed by atoms with Crippen LogP contribution in [0.5, 0.6) is 0 Å². The number of carbonyl (C=O) groups excluding carboxylic acids is 1. The van der Waals surface area contributed by atoms with E-state index in [9.17, 15) is 4.79 Å². The van der Waals surface area contributed by atoms with Crippen LogP contribution in [-0.2, 0) is 6.54 Å². The molecule has 4 rings (SSSR count). The maximum atomic E-state index is 12.6. The smallest absolute Gasteiger partial charge is 0.253 e. The molecule has 7 heteroatoms. The fourth-order valence-electron chi connectivity index (χ4n) is 2.97. The molecule has 26 heavy (non-hydrogen) atoms. The Morgan fingerprint density at radius 2 is 2.04 bits per heavy atom. The Bertz CT molecular complexity index is 877. The minimum Gasteiger partial charge on any atom is -0.339 e. The molecule has 3 aromatic rings. The van der Waals surface area contributed by atoms with Gasteiger partial charge in [-0.3, -0.25) is 4.79 Å². The third-order valence-electron chi connectivity index (χ3n) is 4.62. The first kappa shape index (κ1) is 16.5. The van der Waals surface area contributed by atoms with Crippen LogP contribution in [0.3, 0.4) is 0 Å². The lowest BCUT2D eigenvalue weighted by Crippen LogP contribution is -2.48. The lowest BCUT2D eigenvalue weighted by molar-refractivity contribution is 0.0569. The number of nitrogens with zero attached hydrogens (tertiary/aromatic N) is 5. The van der Waals surface area contributed by atoms with Crippen LogP contribution in [0.15, 0.2) is 47.5 Å². The van der Waals surface area contributed by atoms with Gasteiger partial charge in [-0.2, -0.15) is 4.98 Å². The van der Waals surface area contributed by atoms with Gasteiger partial charge in [-0.05, 0) is 17.7 Å². The van der Waals surface area contributed by atoms with Crippen molar-refractivity contribution in [2.45, 2.75) is 32.2 Å². The summed E-state index contributed by atoms with van der Waals surface area (Å²) in [5.41, 5.74) is 1.83. The molecular weight excluding hydrogens is 330 g/mol. The van der Waals surface area contributed by atoms with E-state index >= 15 is 0 Å². The molecular formula is C19H21N5O2. The molecule has 1 aliphatic heterocycles. The molecule has 0 saturated carbocycles. The zero-order valence-corrected chi connectivity index (χ0v) is 14.9. The van der Waals surface area contributed by atoms with Crippen molar-refractivity contribution in [3.8, 4) is 0 Å². The van der Waals surface area contributed by atoms with E-state index in [0.717, 1.165) is 17.9 Å². The van der Waals surface area contributed by atoms with Gasteiger partial charge < -0.3 is 14.0 Å². The van der Waals surface area contributed by atoms with Crippen molar-refractivity contribution in [3.63, 3.8) is 0 Å². The topological polar surface area (TPSA) is 77.0 Å². The van der Waals surface area contributed by atoms with Crippen molar-refractivity contribution in [1.29, 1.82) is 0 Å². The summed E-state index contributed by atoms with van der Waals surface area (Å²) in [4.78, 5) is 22.9. The summed E-state index contributed by atoms with van der Waals surface area (Å²) >= 11 is 0. The van der Waals surface area contributed by atoms with E-state index in [1.807, 2.05) is 53.8 Å². The van der Waals surface area contributed by atoms with Crippen LogP contribution in [-0.4, -0.2) is 43.6 Å². The molecule has 1 amide bonds. The minimum atomic E-state index is 0.0408. The van der Waals surface area contributed by atoms with Gasteiger partial charge in [-0.1, -0.05) is 31.1 Å². The SMILES string of the molecule is CC(C)c1noc(C2CN(C(=O)c3ccc(Cn4ccnc4)cc3)C2)n1. The number of carbonyl (C=O) groups is 1. The molecule has 0 atom stereocenters. The molecule has 1 fully saturated rings. The largest absolute Gasteiger partial charge is 0.339 e. The third-order valence-corrected chi connectivity index (χ3v) is 4.62. The Kier molecular flexibility index (Phi) is 4.28. The monoisotopic (exact) mass is 351 g/mol. The summed E-state index contributed by atoms with van der Waals surface area (Å²) < 4.78 is 7.32. The van der Waals surface area contributed by atoms with Crippen molar-refractivity contribution in [1.82, 2.24) is 24.6 Å². The Morgan fingerprint density at radius 1 is 1.27 bits per heavy atom. The second kappa shape index (κ2) is 6.74. The van der Waals surface area contributed by atoms with E-state index in [-0.39, 0.29) is 17.7 Å². The summed E-state index contributed by atoms with van der Waals surface area (Å²) in [7, 11) is 0. The first-order chi connectivity index (χ1) is 12.6. The quantitative estimate of drug-likeness (QED) is 0.706. The maximum absolute atomic E-state index is 12.6. The lowest BCUT2D eigenvalue weighted by Gasteiger charge is -2.37. The van der Waals surface area contributed by atoms with Crippen LogP contribution in [0.1, 0.15) is 53.3 Å². The summed E-state index contributed by atoms with van der Waals surface area (Å²) in [6, 6.07) is 7.73. The summed E-state index contributed by atoms with van der Waals surface area (Å²) in [5, 5.41) is 3.99. The number of amides is 1. The van der Waals surface area contributed by atoms with E-state index in [1.54, 1.807) is 12.5 Å². The first-order valence-electron chi connectivity index (χ1n) is 8.77. The number of aromatic nitrogens is 4. The summed E-state index contributed by atoms with van der Waals surface area (Å²) in [6.07, 6.45) is 5.45. The van der Waals surface area contributed by atoms with Gasteiger partial charge in [0.05, 0.1) is 12.2 Å². The van der Waals surface area contributed by atoms with E-state index in [1.165, 1.54) is 0 Å². The van der Waals surface area contributed by atoms with Crippen molar-refractivity contribution in [3.05, 3.63) is 65.8 Å². The van der Waals surface area contributed by atoms with Crippen molar-refractivity contribution < 1.29 is 9.32 Å². The van der Waals surface area contributed by atoms with Gasteiger partial charge in [0.1, 0.15) is 0 Å². The second-order valence-electron chi connectivity index (χ2n) is 6.98. The fourth-order valence-corrected chi connectivity index (χ4v) is 2.97. The molecule has 1 aliphatic rings. The number of likely N-dealkylation sites (tertiary alicyclic amines) is 1. The van der Waals surface area contributed by atoms with E-state index < -0.39 is 0 Å². The fraction of sp³-hybridized carbons (Fsp3) is 0.368. The number of imidazole rings is 1. The Balaban J connectivity index is 1.35. The van der Waals surface area contributed by atoms with Crippen LogP contribution in [0, 0.1) is 0 Å². The van der Waals surface area contributed by atoms with Crippen LogP contribution in [0.2, 0.25) is 0 Å². The Hall–Kier alpha value is -2.96. The highest BCUT2D eigenvalue weighted by Crippen LogP contribution is 2.28. The molecule has 134 valence electrons. The number of rotatable bonds is 5. The molecule has 0 radical (unpaired) electrons. The molecule has 0 unspecified atom stereocenters. The van der Waals surface area contributed by atoms with E-state index in [2.05, 4.69) is 15.1 Å². The Morgan fingerprint density at radius 3 is 2.65 bits per heavy atom. The lowest BCUT2D eigenvalue weighted by atomic mass is 9.98. The molecule has 2 aromatic heterocycles. The van der Waals surface area contributed by atoms with Gasteiger partial charge in [0.2, 0.25) is 5.89 Å². The van der Waals surface area contributed by atoms with Gasteiger partial charge >= 0.3 is 0 Å². The Labute approximate surface area is 151 Å². The maximum Gasteiger partial charge on any atom is 0.253 e. The van der Waals surface area contributed by atoms with Crippen LogP contribution in [0.25, 0.3) is 0 Å². The molecule has 0 aliphatic carbocycles.